The summed E-state index contributed by atoms with van der Waals surface area (Å²) < 4.78 is 0. The third-order valence-electron chi connectivity index (χ3n) is 3.03. The fraction of sp³-hybridized carbons (Fsp3) is 0.214. The highest BCUT2D eigenvalue weighted by Crippen LogP contribution is 2.25. The Morgan fingerprint density at radius 2 is 2.21 bits per heavy atom. The molecule has 1 unspecified atom stereocenters. The standard InChI is InChI=1S/C14H14ClNO2S/c1-14(13(17)18,10-4-2-5-11(15)8-10)16-9-12-6-3-7-19-12/h2-8,16H,9H2,1H3,(H,17,18). The lowest BCUT2D eigenvalue weighted by atomic mass is 9.92. The predicted octanol–water partition coefficient (Wildman–Crippen LogP) is 3.49. The SMILES string of the molecule is CC(NCc1cccs1)(C(=O)O)c1cccc(Cl)c1. The van der Waals surface area contributed by atoms with Gasteiger partial charge in [0.25, 0.3) is 0 Å². The average molecular weight is 296 g/mol. The van der Waals surface area contributed by atoms with Gasteiger partial charge in [-0.3, -0.25) is 5.32 Å². The Bertz CT molecular complexity index is 571. The molecule has 0 aliphatic carbocycles. The third kappa shape index (κ3) is 3.15. The first-order valence-electron chi connectivity index (χ1n) is 5.79. The van der Waals surface area contributed by atoms with Crippen LogP contribution in [0.3, 0.4) is 0 Å². The average Bonchev–Trinajstić information content (AvgIpc) is 2.88. The minimum Gasteiger partial charge on any atom is -0.480 e. The van der Waals surface area contributed by atoms with E-state index in [2.05, 4.69) is 5.32 Å². The molecule has 0 saturated carbocycles. The smallest absolute Gasteiger partial charge is 0.328 e. The maximum absolute atomic E-state index is 11.6. The first kappa shape index (κ1) is 14.1. The largest absolute Gasteiger partial charge is 0.480 e. The van der Waals surface area contributed by atoms with E-state index in [0.717, 1.165) is 4.88 Å². The highest BCUT2D eigenvalue weighted by atomic mass is 35.5. The van der Waals surface area contributed by atoms with Crippen LogP contribution in [0.25, 0.3) is 0 Å². The number of carbonyl (C=O) groups is 1. The molecule has 0 aliphatic rings. The van der Waals surface area contributed by atoms with Crippen molar-refractivity contribution in [3.8, 4) is 0 Å². The van der Waals surface area contributed by atoms with E-state index in [0.29, 0.717) is 17.1 Å². The van der Waals surface area contributed by atoms with E-state index in [-0.39, 0.29) is 0 Å². The van der Waals surface area contributed by atoms with E-state index < -0.39 is 11.5 Å². The number of thiophene rings is 1. The predicted molar refractivity (Wildman–Crippen MR) is 77.6 cm³/mol. The molecule has 1 heterocycles. The lowest BCUT2D eigenvalue weighted by molar-refractivity contribution is -0.144. The zero-order valence-electron chi connectivity index (χ0n) is 10.4. The molecule has 1 aromatic heterocycles. The Morgan fingerprint density at radius 3 is 2.79 bits per heavy atom. The highest BCUT2D eigenvalue weighted by molar-refractivity contribution is 7.09. The Morgan fingerprint density at radius 1 is 1.42 bits per heavy atom. The second kappa shape index (κ2) is 5.74. The van der Waals surface area contributed by atoms with Crippen LogP contribution in [0.4, 0.5) is 0 Å². The number of nitrogens with one attached hydrogen (secondary N) is 1. The van der Waals surface area contributed by atoms with Crippen LogP contribution in [0.5, 0.6) is 0 Å². The molecule has 5 heteroatoms. The van der Waals surface area contributed by atoms with Gasteiger partial charge in [-0.2, -0.15) is 0 Å². The monoisotopic (exact) mass is 295 g/mol. The second-order valence-electron chi connectivity index (χ2n) is 4.37. The molecule has 0 saturated heterocycles. The van der Waals surface area contributed by atoms with E-state index in [1.54, 1.807) is 42.5 Å². The molecule has 0 fully saturated rings. The van der Waals surface area contributed by atoms with Gasteiger partial charge in [0.1, 0.15) is 5.54 Å². The summed E-state index contributed by atoms with van der Waals surface area (Å²) in [6, 6.07) is 10.8. The molecular formula is C14H14ClNO2S. The summed E-state index contributed by atoms with van der Waals surface area (Å²) in [5, 5.41) is 15.1. The number of aliphatic carboxylic acids is 1. The van der Waals surface area contributed by atoms with E-state index in [1.807, 2.05) is 17.5 Å². The summed E-state index contributed by atoms with van der Waals surface area (Å²) in [5.74, 6) is -0.925. The molecule has 3 nitrogen and oxygen atoms in total. The molecule has 0 spiro atoms. The fourth-order valence-electron chi connectivity index (χ4n) is 1.78. The lowest BCUT2D eigenvalue weighted by Crippen LogP contribution is -2.46. The van der Waals surface area contributed by atoms with Crippen molar-refractivity contribution in [3.05, 3.63) is 57.2 Å². The molecule has 100 valence electrons. The Labute approximate surface area is 120 Å². The summed E-state index contributed by atoms with van der Waals surface area (Å²) in [5.41, 5.74) is -0.515. The minimum atomic E-state index is -1.16. The highest BCUT2D eigenvalue weighted by Gasteiger charge is 2.34. The van der Waals surface area contributed by atoms with Gasteiger partial charge < -0.3 is 5.11 Å². The summed E-state index contributed by atoms with van der Waals surface area (Å²) in [6.07, 6.45) is 0. The van der Waals surface area contributed by atoms with Crippen LogP contribution < -0.4 is 5.32 Å². The van der Waals surface area contributed by atoms with Gasteiger partial charge in [-0.15, -0.1) is 11.3 Å². The number of hydrogen-bond donors (Lipinski definition) is 2. The van der Waals surface area contributed by atoms with Crippen LogP contribution in [0.15, 0.2) is 41.8 Å². The van der Waals surface area contributed by atoms with E-state index in [4.69, 9.17) is 11.6 Å². The van der Waals surface area contributed by atoms with Gasteiger partial charge in [0, 0.05) is 16.4 Å². The van der Waals surface area contributed by atoms with Crippen molar-refractivity contribution in [1.29, 1.82) is 0 Å². The topological polar surface area (TPSA) is 49.3 Å². The fourth-order valence-corrected chi connectivity index (χ4v) is 2.61. The number of carboxylic acids is 1. The quantitative estimate of drug-likeness (QED) is 0.888. The number of hydrogen-bond acceptors (Lipinski definition) is 3. The summed E-state index contributed by atoms with van der Waals surface area (Å²) in [4.78, 5) is 12.7. The van der Waals surface area contributed by atoms with E-state index >= 15 is 0 Å². The van der Waals surface area contributed by atoms with Crippen LogP contribution in [0.2, 0.25) is 5.02 Å². The summed E-state index contributed by atoms with van der Waals surface area (Å²) in [7, 11) is 0. The molecule has 2 rings (SSSR count). The van der Waals surface area contributed by atoms with Gasteiger partial charge in [-0.05, 0) is 36.1 Å². The van der Waals surface area contributed by atoms with Crippen molar-refractivity contribution in [2.45, 2.75) is 19.0 Å². The second-order valence-corrected chi connectivity index (χ2v) is 5.84. The zero-order chi connectivity index (χ0) is 13.9. The van der Waals surface area contributed by atoms with Crippen molar-refractivity contribution < 1.29 is 9.90 Å². The molecule has 1 atom stereocenters. The van der Waals surface area contributed by atoms with E-state index in [1.165, 1.54) is 0 Å². The van der Waals surface area contributed by atoms with E-state index in [9.17, 15) is 9.90 Å². The van der Waals surface area contributed by atoms with Gasteiger partial charge in [0.2, 0.25) is 0 Å². The zero-order valence-corrected chi connectivity index (χ0v) is 12.0. The van der Waals surface area contributed by atoms with Crippen molar-refractivity contribution >= 4 is 28.9 Å². The van der Waals surface area contributed by atoms with Crippen molar-refractivity contribution in [1.82, 2.24) is 5.32 Å². The van der Waals surface area contributed by atoms with Crippen molar-refractivity contribution in [3.63, 3.8) is 0 Å². The van der Waals surface area contributed by atoms with Crippen LogP contribution in [-0.2, 0) is 16.9 Å². The lowest BCUT2D eigenvalue weighted by Gasteiger charge is -2.27. The molecule has 0 radical (unpaired) electrons. The van der Waals surface area contributed by atoms with Gasteiger partial charge >= 0.3 is 5.97 Å². The molecule has 2 N–H and O–H groups in total. The number of rotatable bonds is 5. The van der Waals surface area contributed by atoms with Crippen LogP contribution in [0.1, 0.15) is 17.4 Å². The minimum absolute atomic E-state index is 0.507. The molecule has 2 aromatic rings. The molecule has 19 heavy (non-hydrogen) atoms. The maximum atomic E-state index is 11.6. The van der Waals surface area contributed by atoms with Crippen LogP contribution >= 0.6 is 22.9 Å². The third-order valence-corrected chi connectivity index (χ3v) is 4.14. The molecular weight excluding hydrogens is 282 g/mol. The molecule has 0 amide bonds. The normalized spacial score (nSPS) is 14.0. The Hall–Kier alpha value is -1.36. The first-order chi connectivity index (χ1) is 9.02. The van der Waals surface area contributed by atoms with Gasteiger partial charge in [0.05, 0.1) is 0 Å². The van der Waals surface area contributed by atoms with Crippen LogP contribution in [0, 0.1) is 0 Å². The molecule has 0 bridgehead atoms. The Balaban J connectivity index is 2.24. The number of benzene rings is 1. The number of halogens is 1. The first-order valence-corrected chi connectivity index (χ1v) is 7.05. The Kier molecular flexibility index (Phi) is 4.24. The summed E-state index contributed by atoms with van der Waals surface area (Å²) >= 11 is 7.53. The summed E-state index contributed by atoms with van der Waals surface area (Å²) in [6.45, 7) is 2.15. The maximum Gasteiger partial charge on any atom is 0.328 e. The molecule has 0 aliphatic heterocycles. The molecule has 1 aromatic carbocycles. The van der Waals surface area contributed by atoms with Crippen LogP contribution in [-0.4, -0.2) is 11.1 Å². The van der Waals surface area contributed by atoms with Gasteiger partial charge in [-0.25, -0.2) is 4.79 Å². The van der Waals surface area contributed by atoms with Crippen molar-refractivity contribution in [2.24, 2.45) is 0 Å². The van der Waals surface area contributed by atoms with Gasteiger partial charge in [0.15, 0.2) is 0 Å². The van der Waals surface area contributed by atoms with Crippen molar-refractivity contribution in [2.75, 3.05) is 0 Å². The number of carboxylic acid groups (broad SMARTS) is 1. The van der Waals surface area contributed by atoms with Gasteiger partial charge in [-0.1, -0.05) is 29.8 Å².